The molecule has 2 aliphatic rings. The molecule has 0 saturated carbocycles. The number of nitrogens with two attached hydrogens (primary N) is 1. The Morgan fingerprint density at radius 3 is 2.71 bits per heavy atom. The smallest absolute Gasteiger partial charge is 0.152 e. The summed E-state index contributed by atoms with van der Waals surface area (Å²) >= 11 is 0. The van der Waals surface area contributed by atoms with Crippen molar-refractivity contribution in [3.05, 3.63) is 83.4 Å². The molecule has 6 rings (SSSR count). The third-order valence-corrected chi connectivity index (χ3v) is 10.2. The fourth-order valence-corrected chi connectivity index (χ4v) is 7.26. The summed E-state index contributed by atoms with van der Waals surface area (Å²) < 4.78 is 18.4. The second-order valence-electron chi connectivity index (χ2n) is 12.4. The molecule has 2 aromatic carbocycles. The lowest BCUT2D eigenvalue weighted by molar-refractivity contribution is 0.177. The molecule has 4 N–H and O–H groups in total. The van der Waals surface area contributed by atoms with Crippen LogP contribution < -0.4 is 15.4 Å². The van der Waals surface area contributed by atoms with Gasteiger partial charge in [0.2, 0.25) is 0 Å². The Kier molecular flexibility index (Phi) is 7.56. The van der Waals surface area contributed by atoms with Crippen molar-refractivity contribution < 1.29 is 9.32 Å². The Morgan fingerprint density at radius 1 is 1.17 bits per heavy atom. The van der Waals surface area contributed by atoms with Crippen LogP contribution in [-0.4, -0.2) is 41.7 Å². The van der Waals surface area contributed by atoms with Crippen LogP contribution in [-0.2, 0) is 30.6 Å². The summed E-state index contributed by atoms with van der Waals surface area (Å²) in [5.74, 6) is 7.01. The number of aliphatic hydroxyl groups is 1. The van der Waals surface area contributed by atoms with Gasteiger partial charge in [-0.15, -0.1) is 0 Å². The largest absolute Gasteiger partial charge is 0.399 e. The molecule has 1 saturated heterocycles. The molecular formula is C33H38N6O2S. The number of hydrogen-bond acceptors (Lipinski definition) is 6. The summed E-state index contributed by atoms with van der Waals surface area (Å²) in [5.41, 5.74) is 11.4. The van der Waals surface area contributed by atoms with E-state index >= 15 is 0 Å². The standard InChI is InChI=1S/C33H38N6O2S/c1-32(2,3)42(41)37-30-27-9-5-4-7-24(27)20-33(30)13-17-39(18-14-33)31-28(22-40)36-26(21-35-31)8-6-15-38-16-12-23-19-25(34)10-11-29(23)38/h4-5,7,9-12,16,19,21,30,37,40H,13-15,17-18,20,22,34H2,1-3H3/t30-,42?/m1/s1. The number of hydrogen-bond donors (Lipinski definition) is 3. The van der Waals surface area contributed by atoms with Crippen molar-refractivity contribution in [2.45, 2.75) is 64.0 Å². The van der Waals surface area contributed by atoms with E-state index in [1.807, 2.05) is 51.2 Å². The van der Waals surface area contributed by atoms with Crippen molar-refractivity contribution in [1.82, 2.24) is 19.3 Å². The highest BCUT2D eigenvalue weighted by Gasteiger charge is 2.49. The number of piperidine rings is 1. The maximum Gasteiger partial charge on any atom is 0.152 e. The first-order valence-electron chi connectivity index (χ1n) is 14.5. The fourth-order valence-electron chi connectivity index (χ4n) is 6.31. The monoisotopic (exact) mass is 582 g/mol. The first-order chi connectivity index (χ1) is 20.2. The van der Waals surface area contributed by atoms with E-state index in [0.717, 1.165) is 48.9 Å². The molecule has 0 amide bonds. The van der Waals surface area contributed by atoms with Gasteiger partial charge < -0.3 is 20.3 Å². The minimum Gasteiger partial charge on any atom is -0.399 e. The minimum atomic E-state index is -1.17. The van der Waals surface area contributed by atoms with Gasteiger partial charge in [-0.2, -0.15) is 0 Å². The Labute approximate surface area is 250 Å². The van der Waals surface area contributed by atoms with Crippen LogP contribution >= 0.6 is 0 Å². The van der Waals surface area contributed by atoms with E-state index in [9.17, 15) is 9.32 Å². The number of nitrogen functional groups attached to an aromatic ring is 1. The van der Waals surface area contributed by atoms with Gasteiger partial charge in [0, 0.05) is 35.9 Å². The highest BCUT2D eigenvalue weighted by molar-refractivity contribution is 7.84. The molecule has 3 heterocycles. The lowest BCUT2D eigenvalue weighted by Gasteiger charge is -2.44. The van der Waals surface area contributed by atoms with Crippen molar-refractivity contribution in [1.29, 1.82) is 0 Å². The predicted octanol–water partition coefficient (Wildman–Crippen LogP) is 4.49. The number of anilines is 2. The van der Waals surface area contributed by atoms with Crippen LogP contribution in [0.15, 0.2) is 60.9 Å². The number of rotatable bonds is 5. The number of nitrogens with zero attached hydrogens (tertiary/aromatic N) is 4. The van der Waals surface area contributed by atoms with E-state index in [1.165, 1.54) is 11.1 Å². The van der Waals surface area contributed by atoms with Gasteiger partial charge in [0.05, 0.1) is 41.1 Å². The van der Waals surface area contributed by atoms with Gasteiger partial charge in [-0.3, -0.25) is 0 Å². The van der Waals surface area contributed by atoms with Crippen LogP contribution in [0.5, 0.6) is 0 Å². The van der Waals surface area contributed by atoms with Crippen molar-refractivity contribution in [3.8, 4) is 11.8 Å². The van der Waals surface area contributed by atoms with Gasteiger partial charge in [-0.25, -0.2) is 18.9 Å². The zero-order chi connectivity index (χ0) is 29.5. The van der Waals surface area contributed by atoms with Crippen molar-refractivity contribution >= 4 is 33.4 Å². The second-order valence-corrected chi connectivity index (χ2v) is 14.4. The topological polar surface area (TPSA) is 109 Å². The van der Waals surface area contributed by atoms with E-state index in [2.05, 4.69) is 55.3 Å². The first-order valence-corrected chi connectivity index (χ1v) is 15.6. The number of benzene rings is 2. The van der Waals surface area contributed by atoms with Gasteiger partial charge >= 0.3 is 0 Å². The molecule has 1 unspecified atom stereocenters. The lowest BCUT2D eigenvalue weighted by atomic mass is 9.73. The molecule has 0 radical (unpaired) electrons. The maximum absolute atomic E-state index is 13.2. The van der Waals surface area contributed by atoms with Crippen LogP contribution in [0.4, 0.5) is 11.5 Å². The average Bonchev–Trinajstić information content (AvgIpc) is 3.51. The highest BCUT2D eigenvalue weighted by Crippen LogP contribution is 2.52. The third-order valence-electron chi connectivity index (χ3n) is 8.59. The Morgan fingerprint density at radius 2 is 1.95 bits per heavy atom. The zero-order valence-corrected chi connectivity index (χ0v) is 25.2. The van der Waals surface area contributed by atoms with E-state index < -0.39 is 11.0 Å². The Hall–Kier alpha value is -3.71. The lowest BCUT2D eigenvalue weighted by Crippen LogP contribution is -2.48. The van der Waals surface area contributed by atoms with Crippen LogP contribution in [0.2, 0.25) is 0 Å². The SMILES string of the molecule is CC(C)(C)S(=O)N[C@@H]1c2ccccc2CC12CCN(c1ncc(C#CCn3ccc4cc(N)ccc43)nc1CO)CC2. The summed E-state index contributed by atoms with van der Waals surface area (Å²) in [6.07, 6.45) is 6.51. The number of aromatic nitrogens is 3. The quantitative estimate of drug-likeness (QED) is 0.236. The molecule has 1 fully saturated rings. The minimum absolute atomic E-state index is 0.0202. The molecule has 42 heavy (non-hydrogen) atoms. The third kappa shape index (κ3) is 5.42. The highest BCUT2D eigenvalue weighted by atomic mass is 32.2. The van der Waals surface area contributed by atoms with Crippen molar-refractivity contribution in [3.63, 3.8) is 0 Å². The number of fused-ring (bicyclic) bond motifs is 2. The van der Waals surface area contributed by atoms with Crippen molar-refractivity contribution in [2.75, 3.05) is 23.7 Å². The molecule has 2 atom stereocenters. The molecule has 1 spiro atoms. The molecule has 2 aromatic heterocycles. The maximum atomic E-state index is 13.2. The van der Waals surface area contributed by atoms with E-state index in [0.29, 0.717) is 23.8 Å². The number of nitrogens with one attached hydrogen (secondary N) is 1. The molecule has 4 aromatic rings. The summed E-state index contributed by atoms with van der Waals surface area (Å²) in [6, 6.07) is 16.5. The first kappa shape index (κ1) is 28.4. The van der Waals surface area contributed by atoms with Crippen LogP contribution in [0.3, 0.4) is 0 Å². The van der Waals surface area contributed by atoms with Crippen LogP contribution in [0.25, 0.3) is 10.9 Å². The Bertz CT molecular complexity index is 1710. The van der Waals surface area contributed by atoms with E-state index in [-0.39, 0.29) is 22.8 Å². The second kappa shape index (κ2) is 11.2. The van der Waals surface area contributed by atoms with Crippen molar-refractivity contribution in [2.24, 2.45) is 5.41 Å². The van der Waals surface area contributed by atoms with Gasteiger partial charge in [-0.1, -0.05) is 30.2 Å². The molecule has 0 bridgehead atoms. The van der Waals surface area contributed by atoms with E-state index in [4.69, 9.17) is 10.7 Å². The summed E-state index contributed by atoms with van der Waals surface area (Å²) in [6.45, 7) is 7.90. The molecule has 9 heteroatoms. The predicted molar refractivity (Wildman–Crippen MR) is 169 cm³/mol. The zero-order valence-electron chi connectivity index (χ0n) is 24.4. The summed E-state index contributed by atoms with van der Waals surface area (Å²) in [5, 5.41) is 11.3. The van der Waals surface area contributed by atoms with E-state index in [1.54, 1.807) is 6.20 Å². The van der Waals surface area contributed by atoms with Gasteiger partial charge in [0.25, 0.3) is 0 Å². The van der Waals surface area contributed by atoms with Crippen LogP contribution in [0.1, 0.15) is 62.2 Å². The molecule has 8 nitrogen and oxygen atoms in total. The van der Waals surface area contributed by atoms with Crippen LogP contribution in [0, 0.1) is 17.3 Å². The van der Waals surface area contributed by atoms with Gasteiger partial charge in [-0.05, 0) is 86.8 Å². The number of aliphatic hydroxyl groups excluding tert-OH is 1. The molecule has 1 aliphatic carbocycles. The van der Waals surface area contributed by atoms with Gasteiger partial charge in [0.15, 0.2) is 5.82 Å². The molecular weight excluding hydrogens is 544 g/mol. The molecule has 218 valence electrons. The fraction of sp³-hybridized carbons (Fsp3) is 0.394. The average molecular weight is 583 g/mol. The normalized spacial score (nSPS) is 18.6. The summed E-state index contributed by atoms with van der Waals surface area (Å²) in [4.78, 5) is 11.6. The Balaban J connectivity index is 1.17. The van der Waals surface area contributed by atoms with Gasteiger partial charge in [0.1, 0.15) is 11.4 Å². The summed E-state index contributed by atoms with van der Waals surface area (Å²) in [7, 11) is -1.17. The molecule has 1 aliphatic heterocycles.